The van der Waals surface area contributed by atoms with Gasteiger partial charge < -0.3 is 10.5 Å². The summed E-state index contributed by atoms with van der Waals surface area (Å²) in [7, 11) is 0. The SMILES string of the molecule is NC1CCCc2cc(OCc3ccc(Cl)s3)ccc21. The summed E-state index contributed by atoms with van der Waals surface area (Å²) in [5.74, 6) is 0.914. The molecule has 100 valence electrons. The van der Waals surface area contributed by atoms with E-state index in [1.54, 1.807) is 11.3 Å². The Balaban J connectivity index is 1.72. The number of benzene rings is 1. The number of ether oxygens (including phenoxy) is 1. The molecule has 0 saturated heterocycles. The van der Waals surface area contributed by atoms with Crippen LogP contribution in [0.5, 0.6) is 5.75 Å². The number of fused-ring (bicyclic) bond motifs is 1. The van der Waals surface area contributed by atoms with Gasteiger partial charge in [-0.2, -0.15) is 0 Å². The first-order chi connectivity index (χ1) is 9.22. The van der Waals surface area contributed by atoms with E-state index >= 15 is 0 Å². The van der Waals surface area contributed by atoms with Crippen LogP contribution in [0.25, 0.3) is 0 Å². The minimum atomic E-state index is 0.189. The molecule has 0 bridgehead atoms. The Morgan fingerprint density at radius 2 is 2.21 bits per heavy atom. The predicted molar refractivity (Wildman–Crippen MR) is 80.0 cm³/mol. The summed E-state index contributed by atoms with van der Waals surface area (Å²) < 4.78 is 6.62. The second-order valence-corrected chi connectivity index (χ2v) is 6.65. The second-order valence-electron chi connectivity index (χ2n) is 4.85. The molecule has 2 N–H and O–H groups in total. The smallest absolute Gasteiger partial charge is 0.122 e. The molecule has 2 aromatic rings. The molecule has 1 atom stereocenters. The van der Waals surface area contributed by atoms with Gasteiger partial charge in [0.15, 0.2) is 0 Å². The van der Waals surface area contributed by atoms with Gasteiger partial charge in [-0.05, 0) is 54.7 Å². The molecular formula is C15H16ClNOS. The Morgan fingerprint density at radius 3 is 3.00 bits per heavy atom. The maximum absolute atomic E-state index is 6.11. The normalized spacial score (nSPS) is 18.1. The molecule has 1 heterocycles. The molecule has 1 aromatic heterocycles. The Labute approximate surface area is 122 Å². The lowest BCUT2D eigenvalue weighted by atomic mass is 9.88. The molecule has 1 aliphatic rings. The van der Waals surface area contributed by atoms with Crippen molar-refractivity contribution < 1.29 is 4.74 Å². The maximum Gasteiger partial charge on any atom is 0.122 e. The van der Waals surface area contributed by atoms with E-state index in [-0.39, 0.29) is 6.04 Å². The van der Waals surface area contributed by atoms with Crippen LogP contribution >= 0.6 is 22.9 Å². The maximum atomic E-state index is 6.11. The molecule has 0 amide bonds. The fourth-order valence-electron chi connectivity index (χ4n) is 2.50. The highest BCUT2D eigenvalue weighted by Crippen LogP contribution is 2.31. The number of hydrogen-bond donors (Lipinski definition) is 1. The summed E-state index contributed by atoms with van der Waals surface area (Å²) in [5, 5.41) is 0. The molecule has 2 nitrogen and oxygen atoms in total. The van der Waals surface area contributed by atoms with Crippen molar-refractivity contribution in [3.05, 3.63) is 50.7 Å². The van der Waals surface area contributed by atoms with E-state index in [0.717, 1.165) is 34.2 Å². The second kappa shape index (κ2) is 5.53. The first-order valence-electron chi connectivity index (χ1n) is 6.48. The molecular weight excluding hydrogens is 278 g/mol. The average Bonchev–Trinajstić information content (AvgIpc) is 2.82. The van der Waals surface area contributed by atoms with Gasteiger partial charge in [0.25, 0.3) is 0 Å². The minimum Gasteiger partial charge on any atom is -0.488 e. The van der Waals surface area contributed by atoms with E-state index in [1.165, 1.54) is 11.1 Å². The molecule has 19 heavy (non-hydrogen) atoms. The van der Waals surface area contributed by atoms with Crippen LogP contribution in [-0.2, 0) is 13.0 Å². The third-order valence-electron chi connectivity index (χ3n) is 3.49. The minimum absolute atomic E-state index is 0.189. The molecule has 1 unspecified atom stereocenters. The van der Waals surface area contributed by atoms with Gasteiger partial charge >= 0.3 is 0 Å². The average molecular weight is 294 g/mol. The van der Waals surface area contributed by atoms with Gasteiger partial charge in [0, 0.05) is 10.9 Å². The number of rotatable bonds is 3. The van der Waals surface area contributed by atoms with Crippen molar-refractivity contribution in [3.8, 4) is 5.75 Å². The van der Waals surface area contributed by atoms with Crippen LogP contribution < -0.4 is 10.5 Å². The van der Waals surface area contributed by atoms with E-state index in [9.17, 15) is 0 Å². The molecule has 1 aliphatic carbocycles. The van der Waals surface area contributed by atoms with Crippen LogP contribution in [0, 0.1) is 0 Å². The van der Waals surface area contributed by atoms with Crippen LogP contribution in [0.15, 0.2) is 30.3 Å². The number of nitrogens with two attached hydrogens (primary N) is 1. The summed E-state index contributed by atoms with van der Waals surface area (Å²) in [4.78, 5) is 1.14. The predicted octanol–water partition coefficient (Wildman–Crippen LogP) is 4.32. The van der Waals surface area contributed by atoms with Gasteiger partial charge in [0.2, 0.25) is 0 Å². The zero-order valence-corrected chi connectivity index (χ0v) is 12.1. The topological polar surface area (TPSA) is 35.2 Å². The van der Waals surface area contributed by atoms with Crippen molar-refractivity contribution in [1.82, 2.24) is 0 Å². The lowest BCUT2D eigenvalue weighted by molar-refractivity contribution is 0.309. The molecule has 4 heteroatoms. The summed E-state index contributed by atoms with van der Waals surface area (Å²) in [6.45, 7) is 0.572. The summed E-state index contributed by atoms with van der Waals surface area (Å²) >= 11 is 7.46. The van der Waals surface area contributed by atoms with Crippen LogP contribution in [-0.4, -0.2) is 0 Å². The van der Waals surface area contributed by atoms with Gasteiger partial charge in [-0.1, -0.05) is 17.7 Å². The van der Waals surface area contributed by atoms with Crippen molar-refractivity contribution in [2.24, 2.45) is 5.73 Å². The molecule has 0 fully saturated rings. The fourth-order valence-corrected chi connectivity index (χ4v) is 3.50. The zero-order valence-electron chi connectivity index (χ0n) is 10.6. The van der Waals surface area contributed by atoms with E-state index in [2.05, 4.69) is 12.1 Å². The number of hydrogen-bond acceptors (Lipinski definition) is 3. The zero-order chi connectivity index (χ0) is 13.2. The van der Waals surface area contributed by atoms with E-state index < -0.39 is 0 Å². The lowest BCUT2D eigenvalue weighted by Gasteiger charge is -2.22. The van der Waals surface area contributed by atoms with Gasteiger partial charge in [-0.25, -0.2) is 0 Å². The summed E-state index contributed by atoms with van der Waals surface area (Å²) in [6, 6.07) is 10.3. The highest BCUT2D eigenvalue weighted by molar-refractivity contribution is 7.16. The largest absolute Gasteiger partial charge is 0.488 e. The van der Waals surface area contributed by atoms with Crippen LogP contribution in [0.3, 0.4) is 0 Å². The van der Waals surface area contributed by atoms with Gasteiger partial charge in [-0.15, -0.1) is 11.3 Å². The van der Waals surface area contributed by atoms with Gasteiger partial charge in [-0.3, -0.25) is 0 Å². The molecule has 0 saturated carbocycles. The van der Waals surface area contributed by atoms with Gasteiger partial charge in [0.05, 0.1) is 4.34 Å². The number of thiophene rings is 1. The van der Waals surface area contributed by atoms with Crippen molar-refractivity contribution in [1.29, 1.82) is 0 Å². The highest BCUT2D eigenvalue weighted by atomic mass is 35.5. The van der Waals surface area contributed by atoms with E-state index in [4.69, 9.17) is 22.1 Å². The molecule has 1 aromatic carbocycles. The molecule has 0 aliphatic heterocycles. The van der Waals surface area contributed by atoms with Crippen molar-refractivity contribution in [3.63, 3.8) is 0 Å². The Bertz CT molecular complexity index is 581. The van der Waals surface area contributed by atoms with Crippen LogP contribution in [0.4, 0.5) is 0 Å². The van der Waals surface area contributed by atoms with Crippen molar-refractivity contribution in [2.75, 3.05) is 0 Å². The highest BCUT2D eigenvalue weighted by Gasteiger charge is 2.17. The van der Waals surface area contributed by atoms with E-state index in [1.807, 2.05) is 18.2 Å². The lowest BCUT2D eigenvalue weighted by Crippen LogP contribution is -2.17. The standard InChI is InChI=1S/C15H16ClNOS/c16-15-7-5-12(19-15)9-18-11-4-6-13-10(8-11)2-1-3-14(13)17/h4-8,14H,1-3,9,17H2. The van der Waals surface area contributed by atoms with E-state index in [0.29, 0.717) is 6.61 Å². The number of halogens is 1. The van der Waals surface area contributed by atoms with Crippen molar-refractivity contribution >= 4 is 22.9 Å². The third kappa shape index (κ3) is 2.94. The first kappa shape index (κ1) is 13.0. The Morgan fingerprint density at radius 1 is 1.32 bits per heavy atom. The monoisotopic (exact) mass is 293 g/mol. The summed E-state index contributed by atoms with van der Waals surface area (Å²) in [5.41, 5.74) is 8.72. The fraction of sp³-hybridized carbons (Fsp3) is 0.333. The molecule has 3 rings (SSSR count). The van der Waals surface area contributed by atoms with Crippen LogP contribution in [0.2, 0.25) is 4.34 Å². The van der Waals surface area contributed by atoms with Crippen molar-refractivity contribution in [2.45, 2.75) is 31.9 Å². The van der Waals surface area contributed by atoms with Gasteiger partial charge in [0.1, 0.15) is 12.4 Å². The third-order valence-corrected chi connectivity index (χ3v) is 4.69. The molecule has 0 spiro atoms. The quantitative estimate of drug-likeness (QED) is 0.915. The number of aryl methyl sites for hydroxylation is 1. The Kier molecular flexibility index (Phi) is 3.78. The first-order valence-corrected chi connectivity index (χ1v) is 7.67. The molecule has 0 radical (unpaired) electrons. The van der Waals surface area contributed by atoms with Crippen LogP contribution in [0.1, 0.15) is 34.9 Å². The summed E-state index contributed by atoms with van der Waals surface area (Å²) in [6.07, 6.45) is 3.35. The Hall–Kier alpha value is -1.03.